The van der Waals surface area contributed by atoms with Gasteiger partial charge in [0.25, 0.3) is 0 Å². The number of ether oxygens (including phenoxy) is 1. The molecule has 0 bridgehead atoms. The fourth-order valence-electron chi connectivity index (χ4n) is 2.25. The van der Waals surface area contributed by atoms with Crippen LogP contribution in [-0.4, -0.2) is 55.8 Å². The molecule has 1 saturated heterocycles. The molecule has 10 heteroatoms. The number of aliphatic hydroxyl groups excluding tert-OH is 3. The van der Waals surface area contributed by atoms with E-state index in [1.807, 2.05) is 6.92 Å². The average molecular weight is 343 g/mol. The normalized spacial score (nSPS) is 26.3. The Morgan fingerprint density at radius 1 is 1.46 bits per heavy atom. The first-order valence-electron chi connectivity index (χ1n) is 7.65. The third-order valence-electron chi connectivity index (χ3n) is 3.63. The number of carbonyl (C=O) groups is 1. The third kappa shape index (κ3) is 4.09. The highest BCUT2D eigenvalue weighted by Gasteiger charge is 2.43. The van der Waals surface area contributed by atoms with E-state index in [0.717, 1.165) is 11.0 Å². The van der Waals surface area contributed by atoms with E-state index >= 15 is 0 Å². The van der Waals surface area contributed by atoms with Crippen molar-refractivity contribution in [3.05, 3.63) is 22.7 Å². The number of anilines is 1. The minimum atomic E-state index is -1.38. The van der Waals surface area contributed by atoms with Gasteiger partial charge in [-0.15, -0.1) is 0 Å². The summed E-state index contributed by atoms with van der Waals surface area (Å²) in [6.45, 7) is 1.45. The topological polar surface area (TPSA) is 143 Å². The van der Waals surface area contributed by atoms with Gasteiger partial charge in [-0.25, -0.2) is 15.1 Å². The van der Waals surface area contributed by atoms with Gasteiger partial charge in [-0.05, 0) is 6.42 Å². The Bertz CT molecular complexity index is 621. The lowest BCUT2D eigenvalue weighted by Gasteiger charge is -2.17. The van der Waals surface area contributed by atoms with Gasteiger partial charge in [0, 0.05) is 18.7 Å². The first-order chi connectivity index (χ1) is 11.5. The molecule has 1 aliphatic heterocycles. The third-order valence-corrected chi connectivity index (χ3v) is 3.63. The van der Waals surface area contributed by atoms with Gasteiger partial charge in [0.1, 0.15) is 18.3 Å². The Kier molecular flexibility index (Phi) is 6.26. The number of hydrogen-bond acceptors (Lipinski definition) is 9. The van der Waals surface area contributed by atoms with Gasteiger partial charge in [-0.1, -0.05) is 13.3 Å². The van der Waals surface area contributed by atoms with Crippen molar-refractivity contribution in [2.45, 2.75) is 50.7 Å². The molecule has 0 saturated carbocycles. The summed E-state index contributed by atoms with van der Waals surface area (Å²) in [4.78, 5) is 31.8. The maximum absolute atomic E-state index is 12.0. The van der Waals surface area contributed by atoms with Crippen LogP contribution in [0.5, 0.6) is 0 Å². The van der Waals surface area contributed by atoms with Crippen LogP contribution in [0.25, 0.3) is 0 Å². The minimum Gasteiger partial charge on any atom is -0.394 e. The van der Waals surface area contributed by atoms with Crippen molar-refractivity contribution in [3.63, 3.8) is 0 Å². The van der Waals surface area contributed by atoms with Gasteiger partial charge in [0.15, 0.2) is 12.0 Å². The zero-order valence-electron chi connectivity index (χ0n) is 13.2. The lowest BCUT2D eigenvalue weighted by molar-refractivity contribution is -0.140. The standard InChI is InChI=1S/C14H21N3O7/c1-2-3-4-10(19)24-16-9-5-6-17(14(22)15-9)13-12(21)11(20)8(7-18)23-13/h5-6,8,11-13,18,20-21H,2-4,7H2,1H3,(H,15,16,22)/t8-,11-,12-,13-/m1/s1. The Balaban J connectivity index is 2.02. The largest absolute Gasteiger partial charge is 0.394 e. The molecule has 24 heavy (non-hydrogen) atoms. The van der Waals surface area contributed by atoms with Crippen LogP contribution in [0.4, 0.5) is 5.82 Å². The van der Waals surface area contributed by atoms with Gasteiger partial charge in [0.2, 0.25) is 0 Å². The van der Waals surface area contributed by atoms with Gasteiger partial charge >= 0.3 is 11.7 Å². The van der Waals surface area contributed by atoms with Crippen molar-refractivity contribution in [1.82, 2.24) is 9.55 Å². The molecule has 2 rings (SSSR count). The maximum Gasteiger partial charge on any atom is 0.351 e. The lowest BCUT2D eigenvalue weighted by Crippen LogP contribution is -2.36. The summed E-state index contributed by atoms with van der Waals surface area (Å²) < 4.78 is 6.23. The van der Waals surface area contributed by atoms with Crippen molar-refractivity contribution < 1.29 is 29.7 Å². The highest BCUT2D eigenvalue weighted by Crippen LogP contribution is 2.28. The van der Waals surface area contributed by atoms with Crippen molar-refractivity contribution in [2.75, 3.05) is 12.1 Å². The number of rotatable bonds is 7. The molecular weight excluding hydrogens is 322 g/mol. The zero-order chi connectivity index (χ0) is 17.7. The smallest absolute Gasteiger partial charge is 0.351 e. The quantitative estimate of drug-likeness (QED) is 0.454. The first-order valence-corrected chi connectivity index (χ1v) is 7.65. The molecule has 2 heterocycles. The van der Waals surface area contributed by atoms with Crippen LogP contribution in [0.3, 0.4) is 0 Å². The molecule has 1 fully saturated rings. The van der Waals surface area contributed by atoms with Crippen LogP contribution in [0.2, 0.25) is 0 Å². The molecule has 1 aromatic heterocycles. The van der Waals surface area contributed by atoms with Crippen LogP contribution >= 0.6 is 0 Å². The van der Waals surface area contributed by atoms with Gasteiger partial charge < -0.3 is 24.9 Å². The predicted octanol–water partition coefficient (Wildman–Crippen LogP) is -1.08. The second kappa shape index (κ2) is 8.20. The van der Waals surface area contributed by atoms with E-state index in [9.17, 15) is 19.8 Å². The number of aromatic nitrogens is 2. The van der Waals surface area contributed by atoms with Crippen LogP contribution in [0.1, 0.15) is 32.4 Å². The van der Waals surface area contributed by atoms with E-state index in [4.69, 9.17) is 14.7 Å². The van der Waals surface area contributed by atoms with Crippen molar-refractivity contribution in [2.24, 2.45) is 0 Å². The van der Waals surface area contributed by atoms with Crippen molar-refractivity contribution in [3.8, 4) is 0 Å². The molecule has 4 atom stereocenters. The molecule has 0 radical (unpaired) electrons. The summed E-state index contributed by atoms with van der Waals surface area (Å²) >= 11 is 0. The highest BCUT2D eigenvalue weighted by atomic mass is 16.7. The highest BCUT2D eigenvalue weighted by molar-refractivity contribution is 5.70. The Morgan fingerprint density at radius 2 is 2.21 bits per heavy atom. The molecule has 4 N–H and O–H groups in total. The molecule has 0 unspecified atom stereocenters. The number of aliphatic hydroxyl groups is 3. The van der Waals surface area contributed by atoms with E-state index in [1.54, 1.807) is 0 Å². The van der Waals surface area contributed by atoms with Crippen LogP contribution in [0, 0.1) is 0 Å². The van der Waals surface area contributed by atoms with E-state index in [-0.39, 0.29) is 12.2 Å². The van der Waals surface area contributed by atoms with Gasteiger partial charge in [-0.3, -0.25) is 4.57 Å². The number of carbonyl (C=O) groups excluding carboxylic acids is 1. The van der Waals surface area contributed by atoms with E-state index in [2.05, 4.69) is 10.5 Å². The van der Waals surface area contributed by atoms with E-state index in [1.165, 1.54) is 12.3 Å². The molecule has 0 spiro atoms. The fourth-order valence-corrected chi connectivity index (χ4v) is 2.25. The number of nitrogens with zero attached hydrogens (tertiary/aromatic N) is 2. The fraction of sp³-hybridized carbons (Fsp3) is 0.643. The van der Waals surface area contributed by atoms with Crippen LogP contribution < -0.4 is 11.2 Å². The first kappa shape index (κ1) is 18.3. The summed E-state index contributed by atoms with van der Waals surface area (Å²) in [6.07, 6.45) is -1.78. The van der Waals surface area contributed by atoms with Gasteiger partial charge in [0.05, 0.1) is 6.61 Å². The average Bonchev–Trinajstić information content (AvgIpc) is 2.86. The van der Waals surface area contributed by atoms with Crippen molar-refractivity contribution in [1.29, 1.82) is 0 Å². The minimum absolute atomic E-state index is 0.0211. The molecule has 1 aliphatic rings. The SMILES string of the molecule is CCCCC(=O)ONc1ccn([C@@H]2O[C@H](CO)[C@@H](O)[C@H]2O)c(=O)n1. The number of hydrogen-bond donors (Lipinski definition) is 4. The second-order valence-electron chi connectivity index (χ2n) is 5.41. The molecule has 0 aliphatic carbocycles. The molecule has 1 aromatic rings. The number of unbranched alkanes of at least 4 members (excludes halogenated alkanes) is 1. The molecule has 0 aromatic carbocycles. The molecule has 0 amide bonds. The lowest BCUT2D eigenvalue weighted by atomic mass is 10.1. The zero-order valence-corrected chi connectivity index (χ0v) is 13.2. The van der Waals surface area contributed by atoms with Gasteiger partial charge in [-0.2, -0.15) is 4.98 Å². The van der Waals surface area contributed by atoms with Crippen LogP contribution in [0.15, 0.2) is 17.1 Å². The van der Waals surface area contributed by atoms with Crippen LogP contribution in [-0.2, 0) is 14.4 Å². The Morgan fingerprint density at radius 3 is 2.79 bits per heavy atom. The van der Waals surface area contributed by atoms with E-state index < -0.39 is 42.8 Å². The van der Waals surface area contributed by atoms with Crippen molar-refractivity contribution >= 4 is 11.8 Å². The second-order valence-corrected chi connectivity index (χ2v) is 5.41. The summed E-state index contributed by atoms with van der Waals surface area (Å²) in [5, 5.41) is 28.7. The molecule has 10 nitrogen and oxygen atoms in total. The Hall–Kier alpha value is -2.01. The predicted molar refractivity (Wildman–Crippen MR) is 80.7 cm³/mol. The molecular formula is C14H21N3O7. The maximum atomic E-state index is 12.0. The summed E-state index contributed by atoms with van der Waals surface area (Å²) in [5.74, 6) is -0.445. The summed E-state index contributed by atoms with van der Waals surface area (Å²) in [5.41, 5.74) is 1.51. The summed E-state index contributed by atoms with van der Waals surface area (Å²) in [7, 11) is 0. The monoisotopic (exact) mass is 343 g/mol. The summed E-state index contributed by atoms with van der Waals surface area (Å²) in [6, 6.07) is 1.35. The molecule has 134 valence electrons. The van der Waals surface area contributed by atoms with E-state index in [0.29, 0.717) is 6.42 Å². The Labute approximate surface area is 137 Å². The number of nitrogens with one attached hydrogen (secondary N) is 1.